The summed E-state index contributed by atoms with van der Waals surface area (Å²) in [6.45, 7) is 3.82. The standard InChI is InChI=1S/C17H20N2O2S/c20-22(21,17-9-5-2-6-10-17)19-13-11-18(12-14-19)15-16-7-3-1-4-8-16/h1-10H,11-15H2/p+1. The number of rotatable bonds is 4. The highest BCUT2D eigenvalue weighted by Gasteiger charge is 2.30. The van der Waals surface area contributed by atoms with Crippen molar-refractivity contribution in [3.05, 3.63) is 66.2 Å². The number of hydrogen-bond donors (Lipinski definition) is 1. The molecule has 0 amide bonds. The van der Waals surface area contributed by atoms with Gasteiger partial charge in [0.2, 0.25) is 10.0 Å². The zero-order valence-corrected chi connectivity index (χ0v) is 13.3. The molecular formula is C17H21N2O2S+. The lowest BCUT2D eigenvalue weighted by Gasteiger charge is -2.31. The first kappa shape index (κ1) is 15.2. The highest BCUT2D eigenvalue weighted by Crippen LogP contribution is 2.14. The van der Waals surface area contributed by atoms with Crippen molar-refractivity contribution in [2.45, 2.75) is 11.4 Å². The molecule has 4 nitrogen and oxygen atoms in total. The van der Waals surface area contributed by atoms with Gasteiger partial charge < -0.3 is 4.90 Å². The molecule has 1 aliphatic rings. The first-order valence-corrected chi connectivity index (χ1v) is 9.03. The lowest BCUT2D eigenvalue weighted by Crippen LogP contribution is -3.13. The van der Waals surface area contributed by atoms with E-state index in [4.69, 9.17) is 0 Å². The normalized spacial score (nSPS) is 17.5. The second-order valence-corrected chi connectivity index (χ2v) is 7.57. The molecule has 0 bridgehead atoms. The van der Waals surface area contributed by atoms with E-state index in [9.17, 15) is 8.42 Å². The second-order valence-electron chi connectivity index (χ2n) is 5.63. The minimum Gasteiger partial charge on any atom is -0.329 e. The fraction of sp³-hybridized carbons (Fsp3) is 0.294. The van der Waals surface area contributed by atoms with E-state index in [1.807, 2.05) is 24.3 Å². The highest BCUT2D eigenvalue weighted by atomic mass is 32.2. The minimum atomic E-state index is -3.34. The van der Waals surface area contributed by atoms with Crippen molar-refractivity contribution in [1.82, 2.24) is 4.31 Å². The van der Waals surface area contributed by atoms with Crippen LogP contribution in [0, 0.1) is 0 Å². The number of piperazine rings is 1. The molecule has 2 aromatic carbocycles. The lowest BCUT2D eigenvalue weighted by atomic mass is 10.2. The Bertz CT molecular complexity index is 694. The number of benzene rings is 2. The molecule has 22 heavy (non-hydrogen) atoms. The summed E-state index contributed by atoms with van der Waals surface area (Å²) in [6.07, 6.45) is 0. The number of nitrogens with zero attached hydrogens (tertiary/aromatic N) is 1. The maximum atomic E-state index is 12.6. The van der Waals surface area contributed by atoms with E-state index in [0.717, 1.165) is 19.6 Å². The first-order valence-electron chi connectivity index (χ1n) is 7.59. The Hall–Kier alpha value is -1.69. The largest absolute Gasteiger partial charge is 0.329 e. The molecule has 3 rings (SSSR count). The van der Waals surface area contributed by atoms with Gasteiger partial charge in [0.1, 0.15) is 6.54 Å². The molecule has 1 N–H and O–H groups in total. The Morgan fingerprint density at radius 3 is 2.00 bits per heavy atom. The van der Waals surface area contributed by atoms with Crippen LogP contribution in [-0.4, -0.2) is 38.9 Å². The molecule has 0 unspecified atom stereocenters. The second kappa shape index (κ2) is 6.60. The first-order chi connectivity index (χ1) is 10.7. The number of nitrogens with one attached hydrogen (secondary N) is 1. The molecule has 0 aliphatic carbocycles. The third-order valence-electron chi connectivity index (χ3n) is 4.11. The molecule has 0 spiro atoms. The SMILES string of the molecule is O=S(=O)(c1ccccc1)N1CC[NH+](Cc2ccccc2)CC1. The van der Waals surface area contributed by atoms with Gasteiger partial charge in [0, 0.05) is 5.56 Å². The van der Waals surface area contributed by atoms with E-state index in [-0.39, 0.29) is 0 Å². The van der Waals surface area contributed by atoms with E-state index in [1.165, 1.54) is 10.5 Å². The molecule has 1 saturated heterocycles. The Morgan fingerprint density at radius 2 is 1.41 bits per heavy atom. The monoisotopic (exact) mass is 317 g/mol. The van der Waals surface area contributed by atoms with E-state index in [0.29, 0.717) is 18.0 Å². The molecule has 1 fully saturated rings. The topological polar surface area (TPSA) is 41.8 Å². The van der Waals surface area contributed by atoms with Crippen molar-refractivity contribution in [2.75, 3.05) is 26.2 Å². The van der Waals surface area contributed by atoms with Crippen molar-refractivity contribution in [3.63, 3.8) is 0 Å². The quantitative estimate of drug-likeness (QED) is 0.905. The third kappa shape index (κ3) is 3.38. The van der Waals surface area contributed by atoms with Gasteiger partial charge in [-0.2, -0.15) is 4.31 Å². The van der Waals surface area contributed by atoms with Crippen LogP contribution in [0.1, 0.15) is 5.56 Å². The van der Waals surface area contributed by atoms with Crippen molar-refractivity contribution in [3.8, 4) is 0 Å². The van der Waals surface area contributed by atoms with Crippen LogP contribution >= 0.6 is 0 Å². The Labute approximate surface area is 132 Å². The van der Waals surface area contributed by atoms with Crippen LogP contribution in [-0.2, 0) is 16.6 Å². The van der Waals surface area contributed by atoms with Crippen LogP contribution in [0.5, 0.6) is 0 Å². The molecule has 0 radical (unpaired) electrons. The van der Waals surface area contributed by atoms with Crippen LogP contribution in [0.25, 0.3) is 0 Å². The third-order valence-corrected chi connectivity index (χ3v) is 6.02. The van der Waals surface area contributed by atoms with Gasteiger partial charge in [-0.1, -0.05) is 48.5 Å². The van der Waals surface area contributed by atoms with Gasteiger partial charge in [-0.25, -0.2) is 8.42 Å². The lowest BCUT2D eigenvalue weighted by molar-refractivity contribution is -0.917. The minimum absolute atomic E-state index is 0.390. The number of hydrogen-bond acceptors (Lipinski definition) is 2. The fourth-order valence-electron chi connectivity index (χ4n) is 2.85. The van der Waals surface area contributed by atoms with Crippen molar-refractivity contribution in [2.24, 2.45) is 0 Å². The highest BCUT2D eigenvalue weighted by molar-refractivity contribution is 7.89. The number of quaternary nitrogens is 1. The van der Waals surface area contributed by atoms with Gasteiger partial charge in [0.25, 0.3) is 0 Å². The van der Waals surface area contributed by atoms with E-state index in [1.54, 1.807) is 28.6 Å². The molecule has 1 heterocycles. The predicted molar refractivity (Wildman–Crippen MR) is 86.0 cm³/mol. The van der Waals surface area contributed by atoms with Gasteiger partial charge in [-0.3, -0.25) is 0 Å². The van der Waals surface area contributed by atoms with E-state index in [2.05, 4.69) is 12.1 Å². The van der Waals surface area contributed by atoms with Gasteiger partial charge >= 0.3 is 0 Å². The summed E-state index contributed by atoms with van der Waals surface area (Å²) in [6, 6.07) is 19.1. The molecule has 116 valence electrons. The summed E-state index contributed by atoms with van der Waals surface area (Å²) in [5, 5.41) is 0. The summed E-state index contributed by atoms with van der Waals surface area (Å²) in [5.41, 5.74) is 1.30. The van der Waals surface area contributed by atoms with Gasteiger partial charge in [0.05, 0.1) is 31.1 Å². The average molecular weight is 317 g/mol. The van der Waals surface area contributed by atoms with Gasteiger partial charge in [-0.15, -0.1) is 0 Å². The number of sulfonamides is 1. The molecule has 2 aromatic rings. The van der Waals surface area contributed by atoms with Crippen molar-refractivity contribution < 1.29 is 13.3 Å². The van der Waals surface area contributed by atoms with Crippen LogP contribution < -0.4 is 4.90 Å². The molecule has 0 saturated carbocycles. The summed E-state index contributed by atoms with van der Waals surface area (Å²) in [5.74, 6) is 0. The fourth-order valence-corrected chi connectivity index (χ4v) is 4.31. The maximum Gasteiger partial charge on any atom is 0.243 e. The van der Waals surface area contributed by atoms with Crippen LogP contribution in [0.4, 0.5) is 0 Å². The van der Waals surface area contributed by atoms with E-state index < -0.39 is 10.0 Å². The smallest absolute Gasteiger partial charge is 0.243 e. The van der Waals surface area contributed by atoms with Crippen LogP contribution in [0.3, 0.4) is 0 Å². The molecule has 1 aliphatic heterocycles. The Balaban J connectivity index is 1.62. The Morgan fingerprint density at radius 1 is 0.864 bits per heavy atom. The zero-order valence-electron chi connectivity index (χ0n) is 12.5. The van der Waals surface area contributed by atoms with E-state index >= 15 is 0 Å². The van der Waals surface area contributed by atoms with Crippen LogP contribution in [0.15, 0.2) is 65.6 Å². The average Bonchev–Trinajstić information content (AvgIpc) is 2.57. The maximum absolute atomic E-state index is 12.6. The van der Waals surface area contributed by atoms with Crippen molar-refractivity contribution >= 4 is 10.0 Å². The van der Waals surface area contributed by atoms with Crippen molar-refractivity contribution in [1.29, 1.82) is 0 Å². The molecule has 0 atom stereocenters. The summed E-state index contributed by atoms with van der Waals surface area (Å²) >= 11 is 0. The van der Waals surface area contributed by atoms with Gasteiger partial charge in [0.15, 0.2) is 0 Å². The molecule has 0 aromatic heterocycles. The van der Waals surface area contributed by atoms with Gasteiger partial charge in [-0.05, 0) is 12.1 Å². The summed E-state index contributed by atoms with van der Waals surface area (Å²) < 4.78 is 26.7. The Kier molecular flexibility index (Phi) is 4.57. The predicted octanol–water partition coefficient (Wildman–Crippen LogP) is 0.776. The molecule has 5 heteroatoms. The zero-order chi connectivity index (χ0) is 15.4. The summed E-state index contributed by atoms with van der Waals surface area (Å²) in [4.78, 5) is 1.83. The molecular weight excluding hydrogens is 296 g/mol. The van der Waals surface area contributed by atoms with Crippen LogP contribution in [0.2, 0.25) is 0 Å². The summed E-state index contributed by atoms with van der Waals surface area (Å²) in [7, 11) is -3.34.